The molecule has 3 heteroatoms. The van der Waals surface area contributed by atoms with Gasteiger partial charge in [-0.05, 0) is 52.9 Å². The quantitative estimate of drug-likeness (QED) is 0.733. The summed E-state index contributed by atoms with van der Waals surface area (Å²) in [6.07, 6.45) is 5.15. The SMILES string of the molecule is CCC(CC)NCCN(C)C1CCN(C)CC1. The Labute approximate surface area is 108 Å². The van der Waals surface area contributed by atoms with Gasteiger partial charge >= 0.3 is 0 Å². The molecule has 0 spiro atoms. The first-order chi connectivity index (χ1) is 8.17. The van der Waals surface area contributed by atoms with Gasteiger partial charge in [0, 0.05) is 25.2 Å². The third kappa shape index (κ3) is 5.36. The fraction of sp³-hybridized carbons (Fsp3) is 1.00. The summed E-state index contributed by atoms with van der Waals surface area (Å²) >= 11 is 0. The minimum atomic E-state index is 0.709. The largest absolute Gasteiger partial charge is 0.313 e. The molecule has 0 aromatic carbocycles. The van der Waals surface area contributed by atoms with E-state index in [-0.39, 0.29) is 0 Å². The first-order valence-electron chi connectivity index (χ1n) is 7.29. The van der Waals surface area contributed by atoms with Crippen molar-refractivity contribution in [1.82, 2.24) is 15.1 Å². The molecule has 1 heterocycles. The monoisotopic (exact) mass is 241 g/mol. The van der Waals surface area contributed by atoms with Crippen molar-refractivity contribution in [3.63, 3.8) is 0 Å². The van der Waals surface area contributed by atoms with Crippen molar-refractivity contribution in [3.05, 3.63) is 0 Å². The molecule has 0 bridgehead atoms. The fourth-order valence-electron chi connectivity index (χ4n) is 2.64. The van der Waals surface area contributed by atoms with Crippen LogP contribution in [-0.4, -0.2) is 62.2 Å². The topological polar surface area (TPSA) is 18.5 Å². The number of nitrogens with one attached hydrogen (secondary N) is 1. The molecule has 0 aromatic rings. The lowest BCUT2D eigenvalue weighted by atomic mass is 10.0. The normalized spacial score (nSPS) is 19.4. The van der Waals surface area contributed by atoms with Crippen molar-refractivity contribution in [2.24, 2.45) is 0 Å². The van der Waals surface area contributed by atoms with Crippen molar-refractivity contribution < 1.29 is 0 Å². The number of rotatable bonds is 7. The van der Waals surface area contributed by atoms with Crippen LogP contribution in [0.3, 0.4) is 0 Å². The Morgan fingerprint density at radius 1 is 1.24 bits per heavy atom. The van der Waals surface area contributed by atoms with Crippen molar-refractivity contribution in [2.45, 2.75) is 51.6 Å². The van der Waals surface area contributed by atoms with E-state index in [9.17, 15) is 0 Å². The number of hydrogen-bond donors (Lipinski definition) is 1. The maximum absolute atomic E-state index is 3.65. The molecule has 3 nitrogen and oxygen atoms in total. The lowest BCUT2D eigenvalue weighted by Crippen LogP contribution is -2.44. The van der Waals surface area contributed by atoms with Crippen LogP contribution in [0.4, 0.5) is 0 Å². The third-order valence-corrected chi connectivity index (χ3v) is 4.19. The van der Waals surface area contributed by atoms with Gasteiger partial charge in [0.2, 0.25) is 0 Å². The fourth-order valence-corrected chi connectivity index (χ4v) is 2.64. The van der Waals surface area contributed by atoms with E-state index in [2.05, 4.69) is 43.1 Å². The molecule has 0 radical (unpaired) electrons. The van der Waals surface area contributed by atoms with Gasteiger partial charge in [0.05, 0.1) is 0 Å². The minimum Gasteiger partial charge on any atom is -0.313 e. The molecule has 0 aromatic heterocycles. The molecule has 1 fully saturated rings. The third-order valence-electron chi connectivity index (χ3n) is 4.19. The molecule has 0 atom stereocenters. The summed E-state index contributed by atoms with van der Waals surface area (Å²) in [5, 5.41) is 3.65. The molecule has 17 heavy (non-hydrogen) atoms. The van der Waals surface area contributed by atoms with Gasteiger partial charge in [0.1, 0.15) is 0 Å². The predicted octanol–water partition coefficient (Wildman–Crippen LogP) is 1.79. The molecule has 0 aliphatic carbocycles. The summed E-state index contributed by atoms with van der Waals surface area (Å²) in [7, 11) is 4.51. The second-order valence-corrected chi connectivity index (χ2v) is 5.48. The van der Waals surface area contributed by atoms with Gasteiger partial charge in [-0.25, -0.2) is 0 Å². The van der Waals surface area contributed by atoms with Crippen LogP contribution < -0.4 is 5.32 Å². The Kier molecular flexibility index (Phi) is 7.09. The summed E-state index contributed by atoms with van der Waals surface area (Å²) in [6, 6.07) is 1.51. The smallest absolute Gasteiger partial charge is 0.0117 e. The number of piperidine rings is 1. The average Bonchev–Trinajstić information content (AvgIpc) is 2.35. The Balaban J connectivity index is 2.14. The number of hydrogen-bond acceptors (Lipinski definition) is 3. The maximum Gasteiger partial charge on any atom is 0.0117 e. The molecular formula is C14H31N3. The van der Waals surface area contributed by atoms with Crippen LogP contribution in [-0.2, 0) is 0 Å². The second kappa shape index (κ2) is 8.06. The molecule has 1 rings (SSSR count). The molecule has 1 aliphatic heterocycles. The Morgan fingerprint density at radius 3 is 2.35 bits per heavy atom. The Morgan fingerprint density at radius 2 is 1.82 bits per heavy atom. The summed E-state index contributed by atoms with van der Waals surface area (Å²) in [5.74, 6) is 0. The van der Waals surface area contributed by atoms with E-state index in [1.165, 1.54) is 45.3 Å². The van der Waals surface area contributed by atoms with Crippen LogP contribution in [0.15, 0.2) is 0 Å². The maximum atomic E-state index is 3.65. The van der Waals surface area contributed by atoms with Crippen molar-refractivity contribution in [3.8, 4) is 0 Å². The molecule has 0 amide bonds. The van der Waals surface area contributed by atoms with Gasteiger partial charge in [-0.1, -0.05) is 13.8 Å². The molecule has 0 unspecified atom stereocenters. The van der Waals surface area contributed by atoms with Gasteiger partial charge in [-0.15, -0.1) is 0 Å². The van der Waals surface area contributed by atoms with Gasteiger partial charge < -0.3 is 15.1 Å². The summed E-state index contributed by atoms with van der Waals surface area (Å²) in [6.45, 7) is 9.37. The van der Waals surface area contributed by atoms with Crippen LogP contribution in [0.2, 0.25) is 0 Å². The second-order valence-electron chi connectivity index (χ2n) is 5.48. The summed E-state index contributed by atoms with van der Waals surface area (Å²) in [4.78, 5) is 4.98. The van der Waals surface area contributed by atoms with Crippen LogP contribution in [0.1, 0.15) is 39.5 Å². The van der Waals surface area contributed by atoms with Crippen LogP contribution in [0.5, 0.6) is 0 Å². The molecular weight excluding hydrogens is 210 g/mol. The van der Waals surface area contributed by atoms with E-state index in [1.54, 1.807) is 0 Å². The molecule has 0 saturated carbocycles. The molecule has 1 N–H and O–H groups in total. The minimum absolute atomic E-state index is 0.709. The first kappa shape index (κ1) is 14.9. The van der Waals surface area contributed by atoms with Gasteiger partial charge in [0.25, 0.3) is 0 Å². The highest BCUT2D eigenvalue weighted by atomic mass is 15.2. The van der Waals surface area contributed by atoms with E-state index in [0.29, 0.717) is 6.04 Å². The predicted molar refractivity (Wildman–Crippen MR) is 75.5 cm³/mol. The highest BCUT2D eigenvalue weighted by Crippen LogP contribution is 2.13. The average molecular weight is 241 g/mol. The molecule has 1 aliphatic rings. The summed E-state index contributed by atoms with van der Waals surface area (Å²) in [5.41, 5.74) is 0. The lowest BCUT2D eigenvalue weighted by molar-refractivity contribution is 0.144. The Bertz CT molecular complexity index is 184. The van der Waals surface area contributed by atoms with Crippen LogP contribution in [0, 0.1) is 0 Å². The number of likely N-dealkylation sites (N-methyl/N-ethyl adjacent to an activating group) is 1. The first-order valence-corrected chi connectivity index (χ1v) is 7.29. The van der Waals surface area contributed by atoms with Gasteiger partial charge in [-0.3, -0.25) is 0 Å². The van der Waals surface area contributed by atoms with Crippen molar-refractivity contribution in [1.29, 1.82) is 0 Å². The summed E-state index contributed by atoms with van der Waals surface area (Å²) < 4.78 is 0. The van der Waals surface area contributed by atoms with E-state index >= 15 is 0 Å². The lowest BCUT2D eigenvalue weighted by Gasteiger charge is -2.35. The molecule has 102 valence electrons. The van der Waals surface area contributed by atoms with Crippen molar-refractivity contribution >= 4 is 0 Å². The standard InChI is InChI=1S/C14H31N3/c1-5-13(6-2)15-9-12-17(4)14-7-10-16(3)11-8-14/h13-15H,5-12H2,1-4H3. The van der Waals surface area contributed by atoms with Gasteiger partial charge in [0.15, 0.2) is 0 Å². The van der Waals surface area contributed by atoms with E-state index < -0.39 is 0 Å². The zero-order valence-electron chi connectivity index (χ0n) is 12.2. The van der Waals surface area contributed by atoms with E-state index in [4.69, 9.17) is 0 Å². The molecule has 1 saturated heterocycles. The highest BCUT2D eigenvalue weighted by Gasteiger charge is 2.19. The zero-order chi connectivity index (χ0) is 12.7. The van der Waals surface area contributed by atoms with E-state index in [1.807, 2.05) is 0 Å². The number of nitrogens with zero attached hydrogens (tertiary/aromatic N) is 2. The highest BCUT2D eigenvalue weighted by molar-refractivity contribution is 4.77. The zero-order valence-corrected chi connectivity index (χ0v) is 12.2. The van der Waals surface area contributed by atoms with Crippen molar-refractivity contribution in [2.75, 3.05) is 40.3 Å². The van der Waals surface area contributed by atoms with Crippen LogP contribution >= 0.6 is 0 Å². The number of likely N-dealkylation sites (tertiary alicyclic amines) is 1. The van der Waals surface area contributed by atoms with E-state index in [0.717, 1.165) is 12.6 Å². The van der Waals surface area contributed by atoms with Gasteiger partial charge in [-0.2, -0.15) is 0 Å². The Hall–Kier alpha value is -0.120. The van der Waals surface area contributed by atoms with Crippen LogP contribution in [0.25, 0.3) is 0 Å².